The van der Waals surface area contributed by atoms with Gasteiger partial charge in [-0.05, 0) is 37.1 Å². The van der Waals surface area contributed by atoms with Crippen LogP contribution in [-0.4, -0.2) is 25.5 Å². The SMILES string of the molecule is Cc1ccccc1-c1nnc(SCCCn2c(=O)[nH]c3ccccc32)o1. The number of benzene rings is 2. The Morgan fingerprint density at radius 1 is 1.12 bits per heavy atom. The van der Waals surface area contributed by atoms with Gasteiger partial charge < -0.3 is 9.40 Å². The number of para-hydroxylation sites is 2. The minimum absolute atomic E-state index is 0.0733. The van der Waals surface area contributed by atoms with Crippen LogP contribution in [0.1, 0.15) is 12.0 Å². The highest BCUT2D eigenvalue weighted by molar-refractivity contribution is 7.99. The molecule has 0 fully saturated rings. The van der Waals surface area contributed by atoms with Crippen LogP contribution in [0, 0.1) is 6.92 Å². The monoisotopic (exact) mass is 366 g/mol. The Hall–Kier alpha value is -2.80. The summed E-state index contributed by atoms with van der Waals surface area (Å²) >= 11 is 1.51. The predicted molar refractivity (Wildman–Crippen MR) is 102 cm³/mol. The number of aromatic nitrogens is 4. The van der Waals surface area contributed by atoms with E-state index >= 15 is 0 Å². The van der Waals surface area contributed by atoms with Gasteiger partial charge in [0.2, 0.25) is 5.89 Å². The van der Waals surface area contributed by atoms with Gasteiger partial charge in [-0.2, -0.15) is 0 Å². The summed E-state index contributed by atoms with van der Waals surface area (Å²) in [5, 5.41) is 8.79. The molecule has 132 valence electrons. The Bertz CT molecular complexity index is 1100. The van der Waals surface area contributed by atoms with Crippen LogP contribution in [0.2, 0.25) is 0 Å². The zero-order valence-electron chi connectivity index (χ0n) is 14.3. The molecular weight excluding hydrogens is 348 g/mol. The van der Waals surface area contributed by atoms with Crippen molar-refractivity contribution in [1.29, 1.82) is 0 Å². The molecule has 0 radical (unpaired) electrons. The lowest BCUT2D eigenvalue weighted by Crippen LogP contribution is -2.17. The fourth-order valence-corrected chi connectivity index (χ4v) is 3.59. The number of nitrogens with one attached hydrogen (secondary N) is 1. The smallest absolute Gasteiger partial charge is 0.326 e. The van der Waals surface area contributed by atoms with E-state index in [1.165, 1.54) is 11.8 Å². The van der Waals surface area contributed by atoms with Crippen LogP contribution in [-0.2, 0) is 6.54 Å². The van der Waals surface area contributed by atoms with Crippen LogP contribution in [0.4, 0.5) is 0 Å². The van der Waals surface area contributed by atoms with Gasteiger partial charge >= 0.3 is 5.69 Å². The number of imidazole rings is 1. The highest BCUT2D eigenvalue weighted by Gasteiger charge is 2.11. The fraction of sp³-hybridized carbons (Fsp3) is 0.211. The largest absolute Gasteiger partial charge is 0.411 e. The van der Waals surface area contributed by atoms with Gasteiger partial charge in [-0.3, -0.25) is 4.57 Å². The van der Waals surface area contributed by atoms with Crippen molar-refractivity contribution in [2.75, 3.05) is 5.75 Å². The standard InChI is InChI=1S/C19H18N4O2S/c1-13-7-2-3-8-14(13)17-21-22-19(25-17)26-12-6-11-23-16-10-5-4-9-15(16)20-18(23)24/h2-5,7-10H,6,11-12H2,1H3,(H,20,24). The van der Waals surface area contributed by atoms with Gasteiger partial charge in [0.25, 0.3) is 5.22 Å². The van der Waals surface area contributed by atoms with Crippen molar-refractivity contribution in [3.05, 3.63) is 64.6 Å². The average Bonchev–Trinajstić information content (AvgIpc) is 3.23. The Kier molecular flexibility index (Phi) is 4.62. The van der Waals surface area contributed by atoms with Crippen LogP contribution in [0.5, 0.6) is 0 Å². The Labute approximate surface area is 154 Å². The van der Waals surface area contributed by atoms with Gasteiger partial charge in [0.1, 0.15) is 0 Å². The maximum absolute atomic E-state index is 12.1. The van der Waals surface area contributed by atoms with E-state index in [-0.39, 0.29) is 5.69 Å². The van der Waals surface area contributed by atoms with E-state index in [4.69, 9.17) is 4.42 Å². The van der Waals surface area contributed by atoms with Crippen LogP contribution in [0.3, 0.4) is 0 Å². The van der Waals surface area contributed by atoms with Crippen molar-refractivity contribution in [3.8, 4) is 11.5 Å². The quantitative estimate of drug-likeness (QED) is 0.414. The summed E-state index contributed by atoms with van der Waals surface area (Å²) in [6.45, 7) is 2.67. The third-order valence-electron chi connectivity index (χ3n) is 4.22. The second-order valence-corrected chi connectivity index (χ2v) is 7.04. The third kappa shape index (κ3) is 3.30. The van der Waals surface area contributed by atoms with E-state index in [1.54, 1.807) is 4.57 Å². The maximum atomic E-state index is 12.1. The molecule has 7 heteroatoms. The molecule has 0 saturated carbocycles. The van der Waals surface area contributed by atoms with Crippen molar-refractivity contribution in [2.45, 2.75) is 25.1 Å². The molecule has 0 atom stereocenters. The molecule has 0 aliphatic heterocycles. The number of thioether (sulfide) groups is 1. The molecule has 4 rings (SSSR count). The molecule has 2 heterocycles. The van der Waals surface area contributed by atoms with Gasteiger partial charge in [-0.1, -0.05) is 42.1 Å². The Balaban J connectivity index is 1.38. The van der Waals surface area contributed by atoms with E-state index in [0.29, 0.717) is 17.7 Å². The van der Waals surface area contributed by atoms with E-state index < -0.39 is 0 Å². The number of H-pyrrole nitrogens is 1. The summed E-state index contributed by atoms with van der Waals surface area (Å²) in [4.78, 5) is 14.9. The minimum Gasteiger partial charge on any atom is -0.411 e. The molecule has 4 aromatic rings. The molecule has 0 aliphatic carbocycles. The van der Waals surface area contributed by atoms with Crippen molar-refractivity contribution < 1.29 is 4.42 Å². The molecule has 0 aliphatic rings. The Morgan fingerprint density at radius 2 is 1.92 bits per heavy atom. The van der Waals surface area contributed by atoms with E-state index in [0.717, 1.165) is 34.3 Å². The van der Waals surface area contributed by atoms with E-state index in [1.807, 2.05) is 55.5 Å². The van der Waals surface area contributed by atoms with Crippen molar-refractivity contribution in [2.24, 2.45) is 0 Å². The molecule has 0 unspecified atom stereocenters. The maximum Gasteiger partial charge on any atom is 0.326 e. The molecular formula is C19H18N4O2S. The van der Waals surface area contributed by atoms with Crippen molar-refractivity contribution in [3.63, 3.8) is 0 Å². The number of rotatable bonds is 6. The summed E-state index contributed by atoms with van der Waals surface area (Å²) in [6, 6.07) is 15.6. The molecule has 2 aromatic carbocycles. The normalized spacial score (nSPS) is 11.3. The first-order valence-electron chi connectivity index (χ1n) is 8.42. The molecule has 0 saturated heterocycles. The second-order valence-electron chi connectivity index (χ2n) is 5.99. The van der Waals surface area contributed by atoms with E-state index in [2.05, 4.69) is 15.2 Å². The number of hydrogen-bond acceptors (Lipinski definition) is 5. The topological polar surface area (TPSA) is 76.7 Å². The highest BCUT2D eigenvalue weighted by atomic mass is 32.2. The first-order chi connectivity index (χ1) is 12.7. The lowest BCUT2D eigenvalue weighted by Gasteiger charge is -2.02. The molecule has 0 spiro atoms. The summed E-state index contributed by atoms with van der Waals surface area (Å²) in [5.74, 6) is 1.33. The molecule has 6 nitrogen and oxygen atoms in total. The summed E-state index contributed by atoms with van der Waals surface area (Å²) < 4.78 is 7.51. The number of aryl methyl sites for hydroxylation is 2. The van der Waals surface area contributed by atoms with Gasteiger partial charge in [0.15, 0.2) is 0 Å². The van der Waals surface area contributed by atoms with Gasteiger partial charge in [-0.25, -0.2) is 4.79 Å². The summed E-state index contributed by atoms with van der Waals surface area (Å²) in [7, 11) is 0. The summed E-state index contributed by atoms with van der Waals surface area (Å²) in [5.41, 5.74) is 3.78. The van der Waals surface area contributed by atoms with E-state index in [9.17, 15) is 4.79 Å². The van der Waals surface area contributed by atoms with Crippen molar-refractivity contribution in [1.82, 2.24) is 19.7 Å². The molecule has 0 amide bonds. The molecule has 0 bridgehead atoms. The number of fused-ring (bicyclic) bond motifs is 1. The average molecular weight is 366 g/mol. The zero-order valence-corrected chi connectivity index (χ0v) is 15.1. The number of nitrogens with zero attached hydrogens (tertiary/aromatic N) is 3. The van der Waals surface area contributed by atoms with Crippen LogP contribution < -0.4 is 5.69 Å². The molecule has 1 N–H and O–H groups in total. The number of aromatic amines is 1. The minimum atomic E-state index is -0.0733. The van der Waals surface area contributed by atoms with Crippen molar-refractivity contribution >= 4 is 22.8 Å². The van der Waals surface area contributed by atoms with Gasteiger partial charge in [-0.15, -0.1) is 10.2 Å². The lowest BCUT2D eigenvalue weighted by atomic mass is 10.1. The highest BCUT2D eigenvalue weighted by Crippen LogP contribution is 2.25. The Morgan fingerprint density at radius 3 is 2.81 bits per heavy atom. The molecule has 26 heavy (non-hydrogen) atoms. The van der Waals surface area contributed by atoms with Crippen LogP contribution in [0.15, 0.2) is 63.0 Å². The molecule has 2 aromatic heterocycles. The first-order valence-corrected chi connectivity index (χ1v) is 9.41. The lowest BCUT2D eigenvalue weighted by molar-refractivity contribution is 0.465. The first kappa shape index (κ1) is 16.7. The summed E-state index contributed by atoms with van der Waals surface area (Å²) in [6.07, 6.45) is 0.828. The van der Waals surface area contributed by atoms with Gasteiger partial charge in [0, 0.05) is 17.9 Å². The van der Waals surface area contributed by atoms with Crippen LogP contribution in [0.25, 0.3) is 22.5 Å². The second kappa shape index (κ2) is 7.21. The zero-order chi connectivity index (χ0) is 17.9. The third-order valence-corrected chi connectivity index (χ3v) is 5.12. The predicted octanol–water partition coefficient (Wildman–Crippen LogP) is 3.87. The fourth-order valence-electron chi connectivity index (χ4n) is 2.90. The van der Waals surface area contributed by atoms with Crippen LogP contribution >= 0.6 is 11.8 Å². The number of hydrogen-bond donors (Lipinski definition) is 1. The van der Waals surface area contributed by atoms with Gasteiger partial charge in [0.05, 0.1) is 11.0 Å².